The average Bonchev–Trinajstić information content (AvgIpc) is 2.42. The number of nitrogens with one attached hydrogen (secondary N) is 1. The molecule has 0 atom stereocenters. The Morgan fingerprint density at radius 2 is 2.05 bits per heavy atom. The Kier molecular flexibility index (Phi) is 4.52. The molecule has 1 aromatic heterocycles. The zero-order valence-electron chi connectivity index (χ0n) is 12.2. The van der Waals surface area contributed by atoms with Crippen molar-refractivity contribution < 1.29 is 13.9 Å². The van der Waals surface area contributed by atoms with E-state index in [0.717, 1.165) is 0 Å². The molecule has 5 heteroatoms. The Bertz CT molecular complexity index is 656. The highest BCUT2D eigenvalue weighted by Crippen LogP contribution is 2.17. The molecule has 21 heavy (non-hydrogen) atoms. The molecule has 0 amide bonds. The van der Waals surface area contributed by atoms with Gasteiger partial charge < -0.3 is 10.1 Å². The van der Waals surface area contributed by atoms with Crippen LogP contribution in [-0.4, -0.2) is 17.0 Å². The molecular formula is C16H17FN2O2. The molecule has 0 aliphatic heterocycles. The summed E-state index contributed by atoms with van der Waals surface area (Å²) in [4.78, 5) is 16.2. The molecule has 0 spiro atoms. The van der Waals surface area contributed by atoms with Crippen LogP contribution in [0.3, 0.4) is 0 Å². The molecule has 1 heterocycles. The molecule has 4 nitrogen and oxygen atoms in total. The highest BCUT2D eigenvalue weighted by atomic mass is 19.1. The zero-order valence-corrected chi connectivity index (χ0v) is 12.2. The summed E-state index contributed by atoms with van der Waals surface area (Å²) in [5, 5.41) is 3.11. The van der Waals surface area contributed by atoms with Crippen molar-refractivity contribution in [3.05, 3.63) is 53.5 Å². The largest absolute Gasteiger partial charge is 0.422 e. The second-order valence-electron chi connectivity index (χ2n) is 5.01. The number of rotatable bonds is 4. The number of carbonyl (C=O) groups is 1. The minimum atomic E-state index is -0.576. The molecule has 1 aromatic carbocycles. The lowest BCUT2D eigenvalue weighted by atomic mass is 10.2. The third kappa shape index (κ3) is 4.02. The highest BCUT2D eigenvalue weighted by molar-refractivity contribution is 5.89. The maximum atomic E-state index is 13.2. The predicted octanol–water partition coefficient (Wildman–Crippen LogP) is 3.57. The minimum absolute atomic E-state index is 0.197. The van der Waals surface area contributed by atoms with E-state index >= 15 is 0 Å². The number of carbonyl (C=O) groups excluding carboxylic acids is 1. The number of hydrogen-bond donors (Lipinski definition) is 1. The highest BCUT2D eigenvalue weighted by Gasteiger charge is 2.12. The van der Waals surface area contributed by atoms with Crippen LogP contribution in [0.5, 0.6) is 5.75 Å². The van der Waals surface area contributed by atoms with Gasteiger partial charge in [0, 0.05) is 6.04 Å². The quantitative estimate of drug-likeness (QED) is 0.690. The van der Waals surface area contributed by atoms with Gasteiger partial charge in [-0.1, -0.05) is 6.07 Å². The molecule has 1 N–H and O–H groups in total. The summed E-state index contributed by atoms with van der Waals surface area (Å²) in [6.07, 6.45) is 0. The topological polar surface area (TPSA) is 51.2 Å². The second kappa shape index (κ2) is 6.35. The molecule has 0 aliphatic rings. The normalized spacial score (nSPS) is 10.5. The fourth-order valence-electron chi connectivity index (χ4n) is 1.76. The summed E-state index contributed by atoms with van der Waals surface area (Å²) in [6.45, 7) is 5.57. The lowest BCUT2D eigenvalue weighted by molar-refractivity contribution is 0.0728. The Morgan fingerprint density at radius 1 is 1.29 bits per heavy atom. The van der Waals surface area contributed by atoms with Gasteiger partial charge in [-0.2, -0.15) is 0 Å². The van der Waals surface area contributed by atoms with Crippen LogP contribution in [0.4, 0.5) is 10.2 Å². The summed E-state index contributed by atoms with van der Waals surface area (Å²) in [5.74, 6) is -0.0119. The number of aromatic nitrogens is 1. The third-order valence-electron chi connectivity index (χ3n) is 2.73. The van der Waals surface area contributed by atoms with Gasteiger partial charge in [-0.15, -0.1) is 0 Å². The minimum Gasteiger partial charge on any atom is -0.422 e. The van der Waals surface area contributed by atoms with Gasteiger partial charge >= 0.3 is 5.97 Å². The number of halogens is 1. The SMILES string of the molecule is Cc1cc(OC(=O)c2cccc(NC(C)C)n2)ccc1F. The first-order chi connectivity index (χ1) is 9.95. The summed E-state index contributed by atoms with van der Waals surface area (Å²) >= 11 is 0. The predicted molar refractivity (Wildman–Crippen MR) is 79.1 cm³/mol. The number of aryl methyl sites for hydroxylation is 1. The van der Waals surface area contributed by atoms with E-state index in [9.17, 15) is 9.18 Å². The number of hydrogen-bond acceptors (Lipinski definition) is 4. The Labute approximate surface area is 123 Å². The van der Waals surface area contributed by atoms with Crippen LogP contribution in [0.15, 0.2) is 36.4 Å². The fourth-order valence-corrected chi connectivity index (χ4v) is 1.76. The van der Waals surface area contributed by atoms with Crippen molar-refractivity contribution in [3.8, 4) is 5.75 Å². The summed E-state index contributed by atoms with van der Waals surface area (Å²) in [5.41, 5.74) is 0.617. The molecule has 0 radical (unpaired) electrons. The molecule has 0 aliphatic carbocycles. The molecule has 110 valence electrons. The Hall–Kier alpha value is -2.43. The van der Waals surface area contributed by atoms with E-state index < -0.39 is 5.97 Å². The van der Waals surface area contributed by atoms with E-state index in [2.05, 4.69) is 10.3 Å². The molecule has 2 aromatic rings. The average molecular weight is 288 g/mol. The molecule has 0 saturated heterocycles. The van der Waals surface area contributed by atoms with E-state index in [-0.39, 0.29) is 17.6 Å². The monoisotopic (exact) mass is 288 g/mol. The number of esters is 1. The molecule has 0 fully saturated rings. The van der Waals surface area contributed by atoms with Crippen LogP contribution in [-0.2, 0) is 0 Å². The number of pyridine rings is 1. The summed E-state index contributed by atoms with van der Waals surface area (Å²) in [7, 11) is 0. The molecule has 0 bridgehead atoms. The van der Waals surface area contributed by atoms with Crippen LogP contribution in [0.1, 0.15) is 29.9 Å². The van der Waals surface area contributed by atoms with Gasteiger partial charge in [-0.05, 0) is 56.7 Å². The van der Waals surface area contributed by atoms with Crippen LogP contribution < -0.4 is 10.1 Å². The van der Waals surface area contributed by atoms with Gasteiger partial charge in [0.25, 0.3) is 0 Å². The van der Waals surface area contributed by atoms with Crippen molar-refractivity contribution in [1.82, 2.24) is 4.98 Å². The van der Waals surface area contributed by atoms with Gasteiger partial charge in [-0.25, -0.2) is 14.2 Å². The molecule has 2 rings (SSSR count). The van der Waals surface area contributed by atoms with E-state index in [0.29, 0.717) is 17.1 Å². The van der Waals surface area contributed by atoms with Crippen LogP contribution in [0.2, 0.25) is 0 Å². The van der Waals surface area contributed by atoms with E-state index in [1.165, 1.54) is 18.2 Å². The van der Waals surface area contributed by atoms with Gasteiger partial charge in [0.2, 0.25) is 0 Å². The van der Waals surface area contributed by atoms with Crippen LogP contribution in [0.25, 0.3) is 0 Å². The van der Waals surface area contributed by atoms with E-state index in [1.54, 1.807) is 25.1 Å². The summed E-state index contributed by atoms with van der Waals surface area (Å²) in [6, 6.07) is 9.44. The van der Waals surface area contributed by atoms with E-state index in [4.69, 9.17) is 4.74 Å². The molecular weight excluding hydrogens is 271 g/mol. The van der Waals surface area contributed by atoms with Crippen molar-refractivity contribution in [1.29, 1.82) is 0 Å². The number of ether oxygens (including phenoxy) is 1. The smallest absolute Gasteiger partial charge is 0.362 e. The standard InChI is InChI=1S/C16H17FN2O2/c1-10(2)18-15-6-4-5-14(19-15)16(20)21-12-7-8-13(17)11(3)9-12/h4-10H,1-3H3,(H,18,19). The van der Waals surface area contributed by atoms with Gasteiger partial charge in [0.15, 0.2) is 5.69 Å². The van der Waals surface area contributed by atoms with Gasteiger partial charge in [0.1, 0.15) is 17.4 Å². The van der Waals surface area contributed by atoms with Crippen LogP contribution in [0, 0.1) is 12.7 Å². The lowest BCUT2D eigenvalue weighted by Gasteiger charge is -2.10. The third-order valence-corrected chi connectivity index (χ3v) is 2.73. The maximum Gasteiger partial charge on any atom is 0.362 e. The second-order valence-corrected chi connectivity index (χ2v) is 5.01. The fraction of sp³-hybridized carbons (Fsp3) is 0.250. The van der Waals surface area contributed by atoms with E-state index in [1.807, 2.05) is 13.8 Å². The van der Waals surface area contributed by atoms with Gasteiger partial charge in [-0.3, -0.25) is 0 Å². The Morgan fingerprint density at radius 3 is 2.71 bits per heavy atom. The lowest BCUT2D eigenvalue weighted by Crippen LogP contribution is -2.15. The maximum absolute atomic E-state index is 13.2. The van der Waals surface area contributed by atoms with Crippen molar-refractivity contribution in [2.45, 2.75) is 26.8 Å². The zero-order chi connectivity index (χ0) is 15.4. The van der Waals surface area contributed by atoms with Crippen molar-refractivity contribution in [2.24, 2.45) is 0 Å². The first kappa shape index (κ1) is 15.0. The van der Waals surface area contributed by atoms with Gasteiger partial charge in [0.05, 0.1) is 0 Å². The van der Waals surface area contributed by atoms with Crippen LogP contribution >= 0.6 is 0 Å². The van der Waals surface area contributed by atoms with Crippen molar-refractivity contribution in [2.75, 3.05) is 5.32 Å². The van der Waals surface area contributed by atoms with Crippen molar-refractivity contribution >= 4 is 11.8 Å². The first-order valence-corrected chi connectivity index (χ1v) is 6.67. The molecule has 0 saturated carbocycles. The molecule has 0 unspecified atom stereocenters. The number of nitrogens with zero attached hydrogens (tertiary/aromatic N) is 1. The van der Waals surface area contributed by atoms with Crippen molar-refractivity contribution in [3.63, 3.8) is 0 Å². The number of anilines is 1. The summed E-state index contributed by atoms with van der Waals surface area (Å²) < 4.78 is 18.4. The first-order valence-electron chi connectivity index (χ1n) is 6.67. The number of benzene rings is 1. The Balaban J connectivity index is 2.14.